The number of benzene rings is 1. The van der Waals surface area contributed by atoms with Crippen molar-refractivity contribution >= 4 is 11.7 Å². The molecule has 0 radical (unpaired) electrons. The Morgan fingerprint density at radius 2 is 2.17 bits per heavy atom. The molecule has 0 saturated carbocycles. The van der Waals surface area contributed by atoms with E-state index >= 15 is 0 Å². The minimum Gasteiger partial charge on any atom is -0.493 e. The molecule has 0 bridgehead atoms. The molecule has 0 atom stereocenters. The molecule has 0 spiro atoms. The van der Waals surface area contributed by atoms with Gasteiger partial charge in [-0.2, -0.15) is 0 Å². The molecule has 0 unspecified atom stereocenters. The zero-order valence-corrected chi connectivity index (χ0v) is 10.7. The van der Waals surface area contributed by atoms with Gasteiger partial charge in [0.1, 0.15) is 0 Å². The maximum absolute atomic E-state index is 10.4. The first kappa shape index (κ1) is 14.2. The van der Waals surface area contributed by atoms with Gasteiger partial charge in [-0.15, -0.1) is 0 Å². The Bertz CT molecular complexity index is 393. The van der Waals surface area contributed by atoms with E-state index in [1.165, 1.54) is 0 Å². The standard InChI is InChI=1S/C13H19NO4/c1-3-8-18-12-9-10(4-5-11(12)17-2)14-7-6-13(15)16/h4-5,9,14H,3,6-8H2,1-2H3,(H,15,16). The van der Waals surface area contributed by atoms with Gasteiger partial charge >= 0.3 is 5.97 Å². The molecule has 5 heteroatoms. The Morgan fingerprint density at radius 3 is 2.78 bits per heavy atom. The second-order valence-electron chi connectivity index (χ2n) is 3.78. The van der Waals surface area contributed by atoms with Crippen molar-refractivity contribution in [3.05, 3.63) is 18.2 Å². The monoisotopic (exact) mass is 253 g/mol. The molecular weight excluding hydrogens is 234 g/mol. The van der Waals surface area contributed by atoms with Gasteiger partial charge in [0.05, 0.1) is 20.1 Å². The Hall–Kier alpha value is -1.91. The first-order valence-electron chi connectivity index (χ1n) is 5.94. The fourth-order valence-electron chi connectivity index (χ4n) is 1.43. The zero-order valence-electron chi connectivity index (χ0n) is 10.7. The summed E-state index contributed by atoms with van der Waals surface area (Å²) in [6.45, 7) is 3.03. The van der Waals surface area contributed by atoms with Crippen molar-refractivity contribution in [2.45, 2.75) is 19.8 Å². The number of hydrogen-bond acceptors (Lipinski definition) is 4. The van der Waals surface area contributed by atoms with E-state index in [1.807, 2.05) is 19.1 Å². The van der Waals surface area contributed by atoms with E-state index in [2.05, 4.69) is 5.32 Å². The third-order valence-electron chi connectivity index (χ3n) is 2.29. The third kappa shape index (κ3) is 4.53. The normalized spacial score (nSPS) is 9.89. The van der Waals surface area contributed by atoms with Gasteiger partial charge in [-0.3, -0.25) is 4.79 Å². The fraction of sp³-hybridized carbons (Fsp3) is 0.462. The van der Waals surface area contributed by atoms with Crippen LogP contribution in [0.25, 0.3) is 0 Å². The largest absolute Gasteiger partial charge is 0.493 e. The second-order valence-corrected chi connectivity index (χ2v) is 3.78. The van der Waals surface area contributed by atoms with Gasteiger partial charge in [0.2, 0.25) is 0 Å². The summed E-state index contributed by atoms with van der Waals surface area (Å²) in [5.41, 5.74) is 0.822. The Labute approximate surface area is 107 Å². The van der Waals surface area contributed by atoms with E-state index in [0.29, 0.717) is 24.7 Å². The molecular formula is C13H19NO4. The molecule has 100 valence electrons. The van der Waals surface area contributed by atoms with Crippen molar-refractivity contribution < 1.29 is 19.4 Å². The maximum atomic E-state index is 10.4. The van der Waals surface area contributed by atoms with E-state index in [0.717, 1.165) is 12.1 Å². The number of rotatable bonds is 8. The number of carboxylic acids is 1. The predicted octanol–water partition coefficient (Wildman–Crippen LogP) is 2.37. The minimum atomic E-state index is -0.821. The van der Waals surface area contributed by atoms with Gasteiger partial charge in [-0.05, 0) is 18.6 Å². The minimum absolute atomic E-state index is 0.0805. The van der Waals surface area contributed by atoms with Crippen molar-refractivity contribution in [3.63, 3.8) is 0 Å². The van der Waals surface area contributed by atoms with Crippen LogP contribution in [0.15, 0.2) is 18.2 Å². The number of hydrogen-bond donors (Lipinski definition) is 2. The predicted molar refractivity (Wildman–Crippen MR) is 69.5 cm³/mol. The van der Waals surface area contributed by atoms with Gasteiger partial charge < -0.3 is 19.9 Å². The molecule has 0 aliphatic rings. The molecule has 0 heterocycles. The highest BCUT2D eigenvalue weighted by Gasteiger charge is 2.05. The van der Waals surface area contributed by atoms with Crippen LogP contribution in [0.2, 0.25) is 0 Å². The van der Waals surface area contributed by atoms with Crippen LogP contribution < -0.4 is 14.8 Å². The molecule has 0 fully saturated rings. The quantitative estimate of drug-likeness (QED) is 0.744. The summed E-state index contributed by atoms with van der Waals surface area (Å²) >= 11 is 0. The van der Waals surface area contributed by atoms with Crippen LogP contribution in [-0.4, -0.2) is 31.3 Å². The number of aliphatic carboxylic acids is 1. The lowest BCUT2D eigenvalue weighted by atomic mass is 10.2. The molecule has 0 aliphatic heterocycles. The summed E-state index contributed by atoms with van der Waals surface area (Å²) in [5.74, 6) is 0.519. The first-order valence-corrected chi connectivity index (χ1v) is 5.94. The SMILES string of the molecule is CCCOc1cc(NCCC(=O)O)ccc1OC. The number of anilines is 1. The van der Waals surface area contributed by atoms with Crippen LogP contribution in [-0.2, 0) is 4.79 Å². The van der Waals surface area contributed by atoms with Crippen LogP contribution in [0.1, 0.15) is 19.8 Å². The van der Waals surface area contributed by atoms with Gasteiger partial charge in [0.15, 0.2) is 11.5 Å². The summed E-state index contributed by atoms with van der Waals surface area (Å²) in [4.78, 5) is 10.4. The number of methoxy groups -OCH3 is 1. The molecule has 1 aromatic carbocycles. The molecule has 0 saturated heterocycles. The lowest BCUT2D eigenvalue weighted by Gasteiger charge is -2.12. The van der Waals surface area contributed by atoms with E-state index < -0.39 is 5.97 Å². The van der Waals surface area contributed by atoms with Gasteiger partial charge in [0.25, 0.3) is 0 Å². The molecule has 18 heavy (non-hydrogen) atoms. The number of carboxylic acid groups (broad SMARTS) is 1. The van der Waals surface area contributed by atoms with E-state index in [1.54, 1.807) is 13.2 Å². The number of ether oxygens (including phenoxy) is 2. The van der Waals surface area contributed by atoms with Gasteiger partial charge in [-0.25, -0.2) is 0 Å². The highest BCUT2D eigenvalue weighted by atomic mass is 16.5. The smallest absolute Gasteiger partial charge is 0.305 e. The second kappa shape index (κ2) is 7.42. The molecule has 5 nitrogen and oxygen atoms in total. The van der Waals surface area contributed by atoms with Crippen LogP contribution in [0.3, 0.4) is 0 Å². The average molecular weight is 253 g/mol. The van der Waals surface area contributed by atoms with Crippen LogP contribution in [0.4, 0.5) is 5.69 Å². The molecule has 0 amide bonds. The van der Waals surface area contributed by atoms with Crippen LogP contribution >= 0.6 is 0 Å². The molecule has 0 aliphatic carbocycles. The first-order chi connectivity index (χ1) is 8.67. The van der Waals surface area contributed by atoms with Crippen molar-refractivity contribution in [2.75, 3.05) is 25.6 Å². The van der Waals surface area contributed by atoms with Crippen molar-refractivity contribution in [3.8, 4) is 11.5 Å². The fourth-order valence-corrected chi connectivity index (χ4v) is 1.43. The number of nitrogens with one attached hydrogen (secondary N) is 1. The Morgan fingerprint density at radius 1 is 1.39 bits per heavy atom. The van der Waals surface area contributed by atoms with E-state index in [-0.39, 0.29) is 6.42 Å². The maximum Gasteiger partial charge on any atom is 0.305 e. The molecule has 1 rings (SSSR count). The zero-order chi connectivity index (χ0) is 13.4. The molecule has 0 aromatic heterocycles. The summed E-state index contributed by atoms with van der Waals surface area (Å²) in [6.07, 6.45) is 0.997. The highest BCUT2D eigenvalue weighted by molar-refractivity contribution is 5.67. The van der Waals surface area contributed by atoms with Crippen molar-refractivity contribution in [1.29, 1.82) is 0 Å². The Balaban J connectivity index is 2.66. The van der Waals surface area contributed by atoms with Gasteiger partial charge in [-0.1, -0.05) is 6.92 Å². The van der Waals surface area contributed by atoms with Crippen LogP contribution in [0.5, 0.6) is 11.5 Å². The number of carbonyl (C=O) groups is 1. The molecule has 2 N–H and O–H groups in total. The Kier molecular flexibility index (Phi) is 5.84. The molecule has 1 aromatic rings. The topological polar surface area (TPSA) is 67.8 Å². The lowest BCUT2D eigenvalue weighted by molar-refractivity contribution is -0.136. The van der Waals surface area contributed by atoms with E-state index in [4.69, 9.17) is 14.6 Å². The lowest BCUT2D eigenvalue weighted by Crippen LogP contribution is -2.07. The average Bonchev–Trinajstić information content (AvgIpc) is 2.36. The van der Waals surface area contributed by atoms with Crippen molar-refractivity contribution in [1.82, 2.24) is 0 Å². The van der Waals surface area contributed by atoms with E-state index in [9.17, 15) is 4.79 Å². The van der Waals surface area contributed by atoms with Gasteiger partial charge in [0, 0.05) is 18.3 Å². The summed E-state index contributed by atoms with van der Waals surface area (Å²) in [7, 11) is 1.59. The van der Waals surface area contributed by atoms with Crippen LogP contribution in [0, 0.1) is 0 Å². The van der Waals surface area contributed by atoms with Crippen molar-refractivity contribution in [2.24, 2.45) is 0 Å². The highest BCUT2D eigenvalue weighted by Crippen LogP contribution is 2.30. The summed E-state index contributed by atoms with van der Waals surface area (Å²) in [5, 5.41) is 11.6. The third-order valence-corrected chi connectivity index (χ3v) is 2.29. The summed E-state index contributed by atoms with van der Waals surface area (Å²) < 4.78 is 10.8. The summed E-state index contributed by atoms with van der Waals surface area (Å²) in [6, 6.07) is 5.45.